The van der Waals surface area contributed by atoms with E-state index in [9.17, 15) is 33.6 Å². The molecule has 0 spiro atoms. The molecule has 0 saturated heterocycles. The first-order valence-electron chi connectivity index (χ1n) is 35.6. The molecule has 3 rings (SSSR count). The van der Waals surface area contributed by atoms with Crippen LogP contribution < -0.4 is 76.9 Å². The number of unbranched alkanes of at least 4 members (excludes halogenated alkanes) is 13. The number of hydrogen-bond acceptors (Lipinski definition) is 13. The number of carbonyl (C=O) groups excluding carboxylic acids is 9. The van der Waals surface area contributed by atoms with Crippen LogP contribution in [0.4, 0.5) is 0 Å². The molecule has 548 valence electrons. The van der Waals surface area contributed by atoms with Crippen LogP contribution in [0.15, 0.2) is 70.8 Å². The van der Waals surface area contributed by atoms with Gasteiger partial charge in [0.2, 0.25) is 53.2 Å². The lowest BCUT2D eigenvalue weighted by Crippen LogP contribution is -2.61. The Bertz CT molecular complexity index is 2940. The number of rotatable bonds is 53. The number of para-hydroxylation sites is 1. The zero-order valence-electron chi connectivity index (χ0n) is 59.2. The van der Waals surface area contributed by atoms with E-state index < -0.39 is 95.6 Å². The van der Waals surface area contributed by atoms with E-state index in [1.807, 2.05) is 57.4 Å². The van der Waals surface area contributed by atoms with E-state index in [0.717, 1.165) is 36.6 Å². The summed E-state index contributed by atoms with van der Waals surface area (Å²) < 4.78 is 0. The van der Waals surface area contributed by atoms with Crippen LogP contribution in [0.25, 0.3) is 10.9 Å². The fraction of sp³-hybridized carbons (Fsp3) is 0.648. The van der Waals surface area contributed by atoms with Crippen molar-refractivity contribution in [1.29, 1.82) is 0 Å². The van der Waals surface area contributed by atoms with Gasteiger partial charge in [-0.25, -0.2) is 0 Å². The van der Waals surface area contributed by atoms with Gasteiger partial charge < -0.3 is 81.9 Å². The van der Waals surface area contributed by atoms with Gasteiger partial charge in [-0.05, 0) is 112 Å². The Morgan fingerprint density at radius 2 is 0.918 bits per heavy atom. The van der Waals surface area contributed by atoms with Crippen LogP contribution in [0.3, 0.4) is 0 Å². The van der Waals surface area contributed by atoms with Gasteiger partial charge in [0, 0.05) is 49.5 Å². The summed E-state index contributed by atoms with van der Waals surface area (Å²) in [6.07, 6.45) is 20.9. The number of carbonyl (C=O) groups is 9. The maximum atomic E-state index is 15.0. The molecule has 9 atom stereocenters. The predicted molar refractivity (Wildman–Crippen MR) is 392 cm³/mol. The summed E-state index contributed by atoms with van der Waals surface area (Å²) in [5.74, 6) is -6.38. The Morgan fingerprint density at radius 3 is 1.42 bits per heavy atom. The molecule has 3 aromatic rings. The van der Waals surface area contributed by atoms with Crippen LogP contribution in [0.2, 0.25) is 0 Å². The van der Waals surface area contributed by atoms with Gasteiger partial charge in [-0.2, -0.15) is 11.8 Å². The van der Waals surface area contributed by atoms with Crippen molar-refractivity contribution in [3.63, 3.8) is 0 Å². The number of primary amides is 1. The number of guanidine groups is 2. The van der Waals surface area contributed by atoms with Crippen molar-refractivity contribution >= 4 is 87.7 Å². The number of aromatic amines is 1. The van der Waals surface area contributed by atoms with Crippen LogP contribution in [-0.4, -0.2) is 150 Å². The minimum atomic E-state index is -1.37. The summed E-state index contributed by atoms with van der Waals surface area (Å²) in [5.41, 5.74) is 36.3. The Labute approximate surface area is 585 Å². The topological polar surface area (TPSA) is 446 Å². The Hall–Kier alpha value is -7.94. The SMILES string of the molecule is CCCCCCCCCCCCCCCC(=O)N[C@@H](CCCN=C(N)N)C(=O)N[C@@H](CC(C)C)C(=O)N[C@@H](CCCN=C(N)N)C(=O)N[C@@H](CCCCN)C(=O)N[C@@H](Cc1c[nH]c2ccccc12)C(=O)N[C@@H](CCSC)C(=O)NC(Cc1ccccc1)C(=O)N[C@H](C(N)=O)[C@@H](C)CC. The second kappa shape index (κ2) is 48.7. The molecule has 1 aromatic heterocycles. The fourth-order valence-corrected chi connectivity index (χ4v) is 12.0. The second-order valence-corrected chi connectivity index (χ2v) is 27.1. The summed E-state index contributed by atoms with van der Waals surface area (Å²) in [5, 5.41) is 23.5. The number of aliphatic imine (C=N–C) groups is 2. The molecule has 2 aromatic carbocycles. The average Bonchev–Trinajstić information content (AvgIpc) is 1.62. The monoisotopic (exact) mass is 1390 g/mol. The highest BCUT2D eigenvalue weighted by molar-refractivity contribution is 7.98. The van der Waals surface area contributed by atoms with Gasteiger partial charge in [-0.1, -0.05) is 167 Å². The molecule has 0 bridgehead atoms. The zero-order valence-corrected chi connectivity index (χ0v) is 60.0. The van der Waals surface area contributed by atoms with Crippen LogP contribution in [0.1, 0.15) is 200 Å². The standard InChI is InChI=1S/C71H119N17O9S/c1-7-9-10-11-12-13-14-15-16-17-18-19-23-37-60(89)81-53(35-28-40-78-70(74)75)63(91)85-57(43-47(3)4)67(95)83-55(36-29-41-79-71(76)77)64(92)82-54(34-26-27-39-72)65(93)87-59(45-50-46-80-52-33-25-24-32-51(50)52)68(96)84-56(38-42-98-6)66(94)86-58(44-49-30-21-20-22-31-49)69(97)88-61(62(73)90)48(5)8-2/h20-22,24-25,30-33,46-48,53-59,61,80H,7-19,23,26-29,34-45,72H2,1-6H3,(H2,73,90)(H,81,89)(H,82,92)(H,83,95)(H,84,96)(H,85,91)(H,86,94)(H,87,93)(H,88,97)(H4,74,75,78)(H4,76,77,79)/t48-,53-,54-,55-,56-,57-,58?,59-,61-/m0/s1. The smallest absolute Gasteiger partial charge is 0.243 e. The molecule has 21 N–H and O–H groups in total. The minimum Gasteiger partial charge on any atom is -0.370 e. The molecule has 0 saturated carbocycles. The molecule has 1 unspecified atom stereocenters. The van der Waals surface area contributed by atoms with Crippen LogP contribution >= 0.6 is 11.8 Å². The van der Waals surface area contributed by atoms with E-state index in [1.54, 1.807) is 37.4 Å². The van der Waals surface area contributed by atoms with Crippen molar-refractivity contribution in [2.24, 2.45) is 56.2 Å². The van der Waals surface area contributed by atoms with Crippen LogP contribution in [-0.2, 0) is 56.0 Å². The first kappa shape index (κ1) is 84.3. The van der Waals surface area contributed by atoms with Gasteiger partial charge in [0.05, 0.1) is 0 Å². The van der Waals surface area contributed by atoms with Crippen molar-refractivity contribution in [3.05, 3.63) is 71.9 Å². The Kier molecular flexibility index (Phi) is 41.9. The maximum Gasteiger partial charge on any atom is 0.243 e. The molecule has 98 heavy (non-hydrogen) atoms. The molecule has 0 aliphatic carbocycles. The number of hydrogen-bond donors (Lipinski definition) is 15. The number of nitrogens with one attached hydrogen (secondary N) is 9. The molecule has 0 aliphatic rings. The molecule has 0 aliphatic heterocycles. The van der Waals surface area contributed by atoms with Crippen molar-refractivity contribution in [2.45, 2.75) is 250 Å². The van der Waals surface area contributed by atoms with E-state index in [4.69, 9.17) is 34.4 Å². The normalized spacial score (nSPS) is 14.0. The summed E-state index contributed by atoms with van der Waals surface area (Å²) in [4.78, 5) is 140. The van der Waals surface area contributed by atoms with Crippen LogP contribution in [0.5, 0.6) is 0 Å². The van der Waals surface area contributed by atoms with E-state index in [2.05, 4.69) is 64.4 Å². The number of benzene rings is 2. The number of amides is 9. The molecule has 1 heterocycles. The van der Waals surface area contributed by atoms with E-state index in [1.165, 1.54) is 63.1 Å². The fourth-order valence-electron chi connectivity index (χ4n) is 11.5. The molecular weight excluding hydrogens is 1270 g/mol. The lowest BCUT2D eigenvalue weighted by atomic mass is 9.97. The number of H-pyrrole nitrogens is 1. The van der Waals surface area contributed by atoms with E-state index in [-0.39, 0.29) is 107 Å². The van der Waals surface area contributed by atoms with E-state index in [0.29, 0.717) is 49.0 Å². The number of nitrogens with two attached hydrogens (primary N) is 6. The molecule has 0 fully saturated rings. The van der Waals surface area contributed by atoms with Crippen molar-refractivity contribution < 1.29 is 43.2 Å². The lowest BCUT2D eigenvalue weighted by molar-refractivity contribution is -0.136. The second-order valence-electron chi connectivity index (χ2n) is 26.1. The molecule has 9 amide bonds. The predicted octanol–water partition coefficient (Wildman–Crippen LogP) is 4.88. The third kappa shape index (κ3) is 34.0. The molecular formula is C71H119N17O9S. The van der Waals surface area contributed by atoms with Gasteiger partial charge in [0.25, 0.3) is 0 Å². The van der Waals surface area contributed by atoms with Crippen LogP contribution in [0, 0.1) is 11.8 Å². The largest absolute Gasteiger partial charge is 0.370 e. The third-order valence-corrected chi connectivity index (χ3v) is 18.0. The van der Waals surface area contributed by atoms with Gasteiger partial charge in [-0.15, -0.1) is 0 Å². The summed E-state index contributed by atoms with van der Waals surface area (Å²) >= 11 is 1.42. The average molecular weight is 1390 g/mol. The van der Waals surface area contributed by atoms with E-state index >= 15 is 9.59 Å². The quantitative estimate of drug-likeness (QED) is 0.0203. The third-order valence-electron chi connectivity index (χ3n) is 17.3. The highest BCUT2D eigenvalue weighted by Gasteiger charge is 2.36. The molecule has 0 radical (unpaired) electrons. The number of aromatic nitrogens is 1. The van der Waals surface area contributed by atoms with Gasteiger partial charge in [0.1, 0.15) is 48.3 Å². The Morgan fingerprint density at radius 1 is 0.480 bits per heavy atom. The van der Waals surface area contributed by atoms with Crippen molar-refractivity contribution in [3.8, 4) is 0 Å². The first-order valence-corrected chi connectivity index (χ1v) is 37.0. The summed E-state index contributed by atoms with van der Waals surface area (Å²) in [6, 6.07) is 6.64. The highest BCUT2D eigenvalue weighted by atomic mass is 32.2. The van der Waals surface area contributed by atoms with Crippen molar-refractivity contribution in [2.75, 3.05) is 31.6 Å². The number of fused-ring (bicyclic) bond motifs is 1. The number of thioether (sulfide) groups is 1. The summed E-state index contributed by atoms with van der Waals surface area (Å²) in [6.45, 7) is 10.1. The zero-order chi connectivity index (χ0) is 72.2. The molecule has 27 heteroatoms. The molecule has 26 nitrogen and oxygen atoms in total. The van der Waals surface area contributed by atoms with Crippen molar-refractivity contribution in [1.82, 2.24) is 47.5 Å². The lowest BCUT2D eigenvalue weighted by Gasteiger charge is -2.29. The minimum absolute atomic E-state index is 0.0287. The maximum absolute atomic E-state index is 15.0. The highest BCUT2D eigenvalue weighted by Crippen LogP contribution is 2.21. The van der Waals surface area contributed by atoms with Gasteiger partial charge >= 0.3 is 0 Å². The van der Waals surface area contributed by atoms with Gasteiger partial charge in [0.15, 0.2) is 11.9 Å². The first-order chi connectivity index (χ1) is 47.0. The number of nitrogens with zero attached hydrogens (tertiary/aromatic N) is 2. The summed E-state index contributed by atoms with van der Waals surface area (Å²) in [7, 11) is 0. The van der Waals surface area contributed by atoms with Gasteiger partial charge in [-0.3, -0.25) is 53.1 Å². The Balaban J connectivity index is 1.95.